The second-order valence-corrected chi connectivity index (χ2v) is 17.0. The second kappa shape index (κ2) is 16.7. The number of anilines is 2. The number of rotatable bonds is 14. The minimum absolute atomic E-state index is 0.0353. The number of phosphoric ester groups is 2. The van der Waals surface area contributed by atoms with Crippen molar-refractivity contribution in [1.29, 1.82) is 0 Å². The lowest BCUT2D eigenvalue weighted by Gasteiger charge is -2.25. The Morgan fingerprint density at radius 1 is 0.790 bits per heavy atom. The minimum Gasteiger partial charge on any atom is -0.394 e. The van der Waals surface area contributed by atoms with Crippen molar-refractivity contribution < 1.29 is 71.6 Å². The van der Waals surface area contributed by atoms with Gasteiger partial charge in [-0.3, -0.25) is 51.4 Å². The zero-order valence-electron chi connectivity index (χ0n) is 31.7. The molecule has 0 radical (unpaired) electrons. The summed E-state index contributed by atoms with van der Waals surface area (Å²) in [6.45, 7) is -1.25. The van der Waals surface area contributed by atoms with Crippen molar-refractivity contribution in [3.63, 3.8) is 0 Å². The highest BCUT2D eigenvalue weighted by atomic mass is 31.2. The number of nitrogens with one attached hydrogen (secondary N) is 2. The molecule has 5 aromatic rings. The van der Waals surface area contributed by atoms with Crippen molar-refractivity contribution >= 4 is 49.7 Å². The van der Waals surface area contributed by atoms with E-state index in [9.17, 15) is 53.7 Å². The summed E-state index contributed by atoms with van der Waals surface area (Å²) in [5, 5.41) is 42.7. The first-order valence-electron chi connectivity index (χ1n) is 18.2. The van der Waals surface area contributed by atoms with E-state index in [2.05, 4.69) is 34.9 Å². The van der Waals surface area contributed by atoms with Gasteiger partial charge in [0.1, 0.15) is 66.9 Å². The number of H-pyrrole nitrogens is 2. The lowest BCUT2D eigenvalue weighted by atomic mass is 10.1. The fourth-order valence-corrected chi connectivity index (χ4v) is 9.09. The molecule has 0 bridgehead atoms. The summed E-state index contributed by atoms with van der Waals surface area (Å²) in [5.41, 5.74) is 9.22. The van der Waals surface area contributed by atoms with E-state index in [4.69, 9.17) is 43.8 Å². The van der Waals surface area contributed by atoms with Crippen LogP contribution in [0.1, 0.15) is 30.7 Å². The summed E-state index contributed by atoms with van der Waals surface area (Å²) in [6.07, 6.45) is -12.8. The molecule has 8 heterocycles. The fraction of sp³-hybridized carbons (Fsp3) is 0.533. The van der Waals surface area contributed by atoms with Crippen LogP contribution in [0.25, 0.3) is 22.3 Å². The molecule has 336 valence electrons. The minimum atomic E-state index is -5.30. The van der Waals surface area contributed by atoms with E-state index in [0.717, 1.165) is 28.0 Å². The summed E-state index contributed by atoms with van der Waals surface area (Å²) in [4.78, 5) is 83.0. The molecule has 13 atom stereocenters. The predicted octanol–water partition coefficient (Wildman–Crippen LogP) is -3.86. The molecule has 12 N–H and O–H groups in total. The van der Waals surface area contributed by atoms with E-state index >= 15 is 0 Å². The average Bonchev–Trinajstić information content (AvgIpc) is 4.03. The zero-order valence-corrected chi connectivity index (χ0v) is 33.5. The summed E-state index contributed by atoms with van der Waals surface area (Å²) < 4.78 is 68.3. The Hall–Kier alpha value is -4.88. The van der Waals surface area contributed by atoms with Crippen LogP contribution in [0.15, 0.2) is 39.6 Å². The summed E-state index contributed by atoms with van der Waals surface area (Å²) in [6, 6.07) is 0. The third-order valence-electron chi connectivity index (χ3n) is 10.2. The zero-order chi connectivity index (χ0) is 44.4. The summed E-state index contributed by atoms with van der Waals surface area (Å²) in [5.74, 6) is -0.258. The number of aryl methyl sites for hydroxylation is 1. The maximum atomic E-state index is 13.4. The number of nitrogen functional groups attached to an aromatic ring is 2. The van der Waals surface area contributed by atoms with Crippen LogP contribution in [0.5, 0.6) is 0 Å². The first-order chi connectivity index (χ1) is 29.3. The molecule has 2 unspecified atom stereocenters. The van der Waals surface area contributed by atoms with Gasteiger partial charge in [-0.05, 0) is 6.92 Å². The van der Waals surface area contributed by atoms with E-state index in [-0.39, 0.29) is 39.7 Å². The molecule has 3 aliphatic heterocycles. The van der Waals surface area contributed by atoms with E-state index in [0.29, 0.717) is 0 Å². The van der Waals surface area contributed by atoms with Crippen LogP contribution in [-0.2, 0) is 41.4 Å². The molecule has 30 nitrogen and oxygen atoms in total. The smallest absolute Gasteiger partial charge is 0.394 e. The molecular formula is C30H38N12O18P2. The third kappa shape index (κ3) is 8.34. The topological polar surface area (TPSA) is 434 Å². The largest absolute Gasteiger partial charge is 0.472 e. The molecule has 5 aromatic heterocycles. The maximum Gasteiger partial charge on any atom is 0.472 e. The van der Waals surface area contributed by atoms with Gasteiger partial charge >= 0.3 is 21.3 Å². The lowest BCUT2D eigenvalue weighted by molar-refractivity contribution is -0.0623. The average molecular weight is 917 g/mol. The van der Waals surface area contributed by atoms with Crippen LogP contribution in [0.4, 0.5) is 11.8 Å². The van der Waals surface area contributed by atoms with Crippen molar-refractivity contribution in [3.8, 4) is 0 Å². The number of aromatic nitrogens is 10. The molecule has 32 heteroatoms. The van der Waals surface area contributed by atoms with Crippen LogP contribution in [0.3, 0.4) is 0 Å². The Kier molecular flexibility index (Phi) is 11.8. The maximum absolute atomic E-state index is 13.4. The van der Waals surface area contributed by atoms with E-state index in [1.807, 2.05) is 0 Å². The highest BCUT2D eigenvalue weighted by molar-refractivity contribution is 7.47. The van der Waals surface area contributed by atoms with Crippen LogP contribution < -0.4 is 28.3 Å². The van der Waals surface area contributed by atoms with Crippen molar-refractivity contribution in [1.82, 2.24) is 48.6 Å². The van der Waals surface area contributed by atoms with Gasteiger partial charge in [-0.15, -0.1) is 0 Å². The van der Waals surface area contributed by atoms with E-state index in [1.54, 1.807) is 0 Å². The standard InChI is InChI=1S/C30H38N12O18P2/c1-10-3-40(30(49)39-25(10)47)15-2-11(59-61(50,51)55-6-14-18(44)19(45)27(58-14)41-8-35-16-22(31)33-7-34-23(16)41)13(56-15)5-54-62(52,53)60-21-12(4-43)57-28(20(21)46)42-9-36-17-24(42)37-29(32)38-26(17)48/h3,7-9,11-15,18-21,27-28,43-46H,2,4-6H2,1H3,(H,50,51)(H,52,53)(H2,31,33,34)(H,39,47,49)(H3,32,37,38,48)/t11-,12+,13+,14+,15+,18+,19+,20+,21+,27+,28+/m0/s1. The first-order valence-corrected chi connectivity index (χ1v) is 21.2. The molecule has 3 aliphatic rings. The SMILES string of the molecule is Cc1cn([C@H]2C[C@H](OP(=O)(O)OC[C@H]3O[C@@H](n4cnc5c(N)ncnc54)[C@H](O)[C@@H]3O)[C@@H](COP(=O)(O)O[C@H]3[C@@H](O)[C@H](n4cnc5c(=O)[nH]c(N)nc54)O[C@@H]3CO)O2)c(=O)[nH]c1=O. The second-order valence-electron chi connectivity index (χ2n) is 14.2. The van der Waals surface area contributed by atoms with Gasteiger partial charge in [-0.25, -0.2) is 33.9 Å². The molecule has 0 amide bonds. The van der Waals surface area contributed by atoms with Crippen molar-refractivity contribution in [3.05, 3.63) is 61.9 Å². The van der Waals surface area contributed by atoms with E-state index in [1.165, 1.54) is 17.8 Å². The highest BCUT2D eigenvalue weighted by Gasteiger charge is 2.51. The van der Waals surface area contributed by atoms with Gasteiger partial charge in [0.15, 0.2) is 35.1 Å². The molecule has 62 heavy (non-hydrogen) atoms. The third-order valence-corrected chi connectivity index (χ3v) is 12.2. The number of fused-ring (bicyclic) bond motifs is 2. The molecule has 0 aromatic carbocycles. The molecule has 0 saturated carbocycles. The summed E-state index contributed by atoms with van der Waals surface area (Å²) >= 11 is 0. The lowest BCUT2D eigenvalue weighted by Crippen LogP contribution is -2.36. The number of nitrogens with zero attached hydrogens (tertiary/aromatic N) is 8. The van der Waals surface area contributed by atoms with Crippen LogP contribution in [0, 0.1) is 6.92 Å². The summed E-state index contributed by atoms with van der Waals surface area (Å²) in [7, 11) is -10.5. The molecule has 3 saturated heterocycles. The van der Waals surface area contributed by atoms with Crippen LogP contribution in [-0.4, -0.2) is 147 Å². The Labute approximate surface area is 343 Å². The molecule has 0 spiro atoms. The van der Waals surface area contributed by atoms with Gasteiger partial charge in [-0.1, -0.05) is 0 Å². The highest BCUT2D eigenvalue weighted by Crippen LogP contribution is 2.52. The molecular weight excluding hydrogens is 878 g/mol. The molecule has 0 aliphatic carbocycles. The Bertz CT molecular complexity index is 2760. The van der Waals surface area contributed by atoms with Gasteiger partial charge in [0.2, 0.25) is 5.95 Å². The number of hydrogen-bond donors (Lipinski definition) is 10. The Morgan fingerprint density at radius 2 is 1.44 bits per heavy atom. The Morgan fingerprint density at radius 3 is 2.16 bits per heavy atom. The van der Waals surface area contributed by atoms with Gasteiger partial charge < -0.3 is 55.9 Å². The van der Waals surface area contributed by atoms with Gasteiger partial charge in [0.25, 0.3) is 11.1 Å². The first kappa shape index (κ1) is 43.8. The quantitative estimate of drug-likeness (QED) is 0.0477. The normalized spacial score (nSPS) is 30.9. The number of aliphatic hydroxyl groups is 4. The van der Waals surface area contributed by atoms with Crippen LogP contribution >= 0.6 is 15.6 Å². The molecule has 3 fully saturated rings. The van der Waals surface area contributed by atoms with Crippen LogP contribution in [0.2, 0.25) is 0 Å². The van der Waals surface area contributed by atoms with Crippen molar-refractivity contribution in [2.45, 2.75) is 80.9 Å². The number of aliphatic hydroxyl groups excluding tert-OH is 4. The Balaban J connectivity index is 0.960. The van der Waals surface area contributed by atoms with Gasteiger partial charge in [-0.2, -0.15) is 4.98 Å². The number of nitrogens with two attached hydrogens (primary N) is 2. The molecule has 8 rings (SSSR count). The fourth-order valence-electron chi connectivity index (χ4n) is 7.16. The number of ether oxygens (including phenoxy) is 3. The van der Waals surface area contributed by atoms with E-state index < -0.39 is 126 Å². The van der Waals surface area contributed by atoms with Gasteiger partial charge in [0.05, 0.1) is 32.5 Å². The number of aromatic amines is 2. The number of phosphoric acid groups is 2. The number of hydrogen-bond acceptors (Lipinski definition) is 23. The monoisotopic (exact) mass is 916 g/mol. The van der Waals surface area contributed by atoms with Crippen molar-refractivity contribution in [2.75, 3.05) is 31.3 Å². The predicted molar refractivity (Wildman–Crippen MR) is 201 cm³/mol. The number of imidazole rings is 2. The van der Waals surface area contributed by atoms with Gasteiger partial charge in [0, 0.05) is 18.2 Å². The van der Waals surface area contributed by atoms with Crippen molar-refractivity contribution in [2.24, 2.45) is 0 Å².